The largest absolute Gasteiger partial charge is 0.382 e. The monoisotopic (exact) mass is 386 g/mol. The van der Waals surface area contributed by atoms with E-state index >= 15 is 0 Å². The number of nitrogens with zero attached hydrogens (tertiary/aromatic N) is 1. The van der Waals surface area contributed by atoms with E-state index in [1.807, 2.05) is 13.8 Å². The highest BCUT2D eigenvalue weighted by Gasteiger charge is 2.45. The predicted octanol–water partition coefficient (Wildman–Crippen LogP) is 1.28. The number of hydrogen-bond donors (Lipinski definition) is 3. The Labute approximate surface area is 164 Å². The summed E-state index contributed by atoms with van der Waals surface area (Å²) in [5.74, 6) is -1.93. The van der Waals surface area contributed by atoms with Gasteiger partial charge in [0.15, 0.2) is 0 Å². The predicted molar refractivity (Wildman–Crippen MR) is 104 cm³/mol. The van der Waals surface area contributed by atoms with E-state index in [0.29, 0.717) is 16.8 Å². The van der Waals surface area contributed by atoms with Crippen LogP contribution in [0.25, 0.3) is 0 Å². The quantitative estimate of drug-likeness (QED) is 0.676. The molecule has 1 aromatic rings. The first-order valence-corrected chi connectivity index (χ1v) is 9.88. The molecule has 28 heavy (non-hydrogen) atoms. The lowest BCUT2D eigenvalue weighted by atomic mass is 10.0. The number of carbonyl (C=O) groups excluding carboxylic acids is 4. The Morgan fingerprint density at radius 1 is 1.00 bits per heavy atom. The lowest BCUT2D eigenvalue weighted by Gasteiger charge is -2.28. The van der Waals surface area contributed by atoms with Gasteiger partial charge in [-0.15, -0.1) is 0 Å². The van der Waals surface area contributed by atoms with E-state index < -0.39 is 23.8 Å². The van der Waals surface area contributed by atoms with Crippen LogP contribution in [-0.4, -0.2) is 53.7 Å². The number of rotatable bonds is 3. The molecule has 150 valence electrons. The highest BCUT2D eigenvalue weighted by Crippen LogP contribution is 2.33. The lowest BCUT2D eigenvalue weighted by molar-refractivity contribution is -0.136. The second kappa shape index (κ2) is 8.52. The Hall–Kier alpha value is -2.74. The molecule has 1 atom stereocenters. The Morgan fingerprint density at radius 2 is 1.71 bits per heavy atom. The average Bonchev–Trinajstić information content (AvgIpc) is 2.96. The summed E-state index contributed by atoms with van der Waals surface area (Å²) in [6.45, 7) is 5.81. The minimum absolute atomic E-state index is 0.115. The first kappa shape index (κ1) is 20.0. The summed E-state index contributed by atoms with van der Waals surface area (Å²) < 4.78 is 0. The fourth-order valence-electron chi connectivity index (χ4n) is 3.82. The summed E-state index contributed by atoms with van der Waals surface area (Å²) in [6, 6.07) is 4.43. The van der Waals surface area contributed by atoms with Crippen molar-refractivity contribution < 1.29 is 19.2 Å². The van der Waals surface area contributed by atoms with Gasteiger partial charge in [-0.05, 0) is 44.5 Å². The fraction of sp³-hybridized carbons (Fsp3) is 0.500. The van der Waals surface area contributed by atoms with Crippen LogP contribution in [-0.2, 0) is 9.59 Å². The molecule has 4 amide bonds. The van der Waals surface area contributed by atoms with Crippen LogP contribution in [0.2, 0.25) is 0 Å². The second-order valence-electron chi connectivity index (χ2n) is 6.84. The van der Waals surface area contributed by atoms with E-state index in [1.165, 1.54) is 0 Å². The van der Waals surface area contributed by atoms with Crippen molar-refractivity contribution in [1.82, 2.24) is 15.5 Å². The number of carbonyl (C=O) groups is 4. The second-order valence-corrected chi connectivity index (χ2v) is 6.84. The third kappa shape index (κ3) is 3.64. The molecule has 2 saturated heterocycles. The SMILES string of the molecule is CC.O=C1CCC(N2C(=O)c3cccc(NC4CCNCC4)c3C2=O)C(=O)N1. The van der Waals surface area contributed by atoms with Crippen molar-refractivity contribution >= 4 is 29.3 Å². The highest BCUT2D eigenvalue weighted by atomic mass is 16.2. The molecule has 0 bridgehead atoms. The number of anilines is 1. The van der Waals surface area contributed by atoms with Crippen LogP contribution in [0, 0.1) is 0 Å². The molecule has 8 nitrogen and oxygen atoms in total. The van der Waals surface area contributed by atoms with E-state index in [9.17, 15) is 19.2 Å². The number of imide groups is 2. The van der Waals surface area contributed by atoms with Gasteiger partial charge in [0, 0.05) is 18.2 Å². The van der Waals surface area contributed by atoms with Gasteiger partial charge < -0.3 is 10.6 Å². The zero-order valence-corrected chi connectivity index (χ0v) is 16.2. The normalized spacial score (nSPS) is 22.4. The number of hydrogen-bond acceptors (Lipinski definition) is 6. The number of amides is 4. The maximum absolute atomic E-state index is 13.0. The third-order valence-electron chi connectivity index (χ3n) is 5.17. The molecule has 3 heterocycles. The van der Waals surface area contributed by atoms with Crippen molar-refractivity contribution in [3.8, 4) is 0 Å². The molecular formula is C20H26N4O4. The topological polar surface area (TPSA) is 108 Å². The first-order valence-electron chi connectivity index (χ1n) is 9.88. The molecule has 4 rings (SSSR count). The fourth-order valence-corrected chi connectivity index (χ4v) is 3.82. The third-order valence-corrected chi connectivity index (χ3v) is 5.17. The van der Waals surface area contributed by atoms with Crippen molar-refractivity contribution in [2.75, 3.05) is 18.4 Å². The molecule has 2 fully saturated rings. The molecule has 1 unspecified atom stereocenters. The van der Waals surface area contributed by atoms with Crippen molar-refractivity contribution in [3.63, 3.8) is 0 Å². The van der Waals surface area contributed by atoms with Crippen molar-refractivity contribution in [3.05, 3.63) is 29.3 Å². The van der Waals surface area contributed by atoms with Crippen molar-refractivity contribution in [1.29, 1.82) is 0 Å². The van der Waals surface area contributed by atoms with E-state index in [2.05, 4.69) is 16.0 Å². The van der Waals surface area contributed by atoms with Gasteiger partial charge in [-0.3, -0.25) is 29.4 Å². The molecule has 0 aliphatic carbocycles. The molecule has 8 heteroatoms. The number of benzene rings is 1. The van der Waals surface area contributed by atoms with Crippen LogP contribution in [0.5, 0.6) is 0 Å². The van der Waals surface area contributed by atoms with Gasteiger partial charge in [0.05, 0.1) is 11.1 Å². The summed E-state index contributed by atoms with van der Waals surface area (Å²) in [6.07, 6.45) is 2.14. The van der Waals surface area contributed by atoms with Gasteiger partial charge in [-0.25, -0.2) is 0 Å². The molecule has 0 aromatic heterocycles. The van der Waals surface area contributed by atoms with Crippen LogP contribution in [0.4, 0.5) is 5.69 Å². The minimum Gasteiger partial charge on any atom is -0.382 e. The van der Waals surface area contributed by atoms with E-state index in [-0.39, 0.29) is 24.8 Å². The standard InChI is InChI=1S/C18H20N4O4.C2H6/c23-14-5-4-13(16(24)21-14)22-17(25)11-2-1-3-12(15(11)18(22)26)20-10-6-8-19-9-7-10;1-2/h1-3,10,13,19-20H,4-9H2,(H,21,23,24);1-2H3. The number of fused-ring (bicyclic) bond motifs is 1. The van der Waals surface area contributed by atoms with Crippen LogP contribution < -0.4 is 16.0 Å². The van der Waals surface area contributed by atoms with Gasteiger partial charge in [-0.1, -0.05) is 19.9 Å². The van der Waals surface area contributed by atoms with Crippen LogP contribution in [0.3, 0.4) is 0 Å². The maximum Gasteiger partial charge on any atom is 0.264 e. The molecule has 0 spiro atoms. The maximum atomic E-state index is 13.0. The van der Waals surface area contributed by atoms with Gasteiger partial charge in [0.1, 0.15) is 6.04 Å². The van der Waals surface area contributed by atoms with E-state index in [0.717, 1.165) is 30.8 Å². The zero-order chi connectivity index (χ0) is 20.3. The molecular weight excluding hydrogens is 360 g/mol. The number of nitrogens with one attached hydrogen (secondary N) is 3. The molecule has 0 radical (unpaired) electrons. The van der Waals surface area contributed by atoms with Gasteiger partial charge in [0.25, 0.3) is 11.8 Å². The first-order chi connectivity index (χ1) is 13.6. The van der Waals surface area contributed by atoms with Gasteiger partial charge in [0.2, 0.25) is 11.8 Å². The Bertz CT molecular complexity index is 801. The molecule has 3 aliphatic heterocycles. The lowest BCUT2D eigenvalue weighted by Crippen LogP contribution is -2.54. The molecule has 3 aliphatic rings. The summed E-state index contributed by atoms with van der Waals surface area (Å²) in [4.78, 5) is 50.3. The Kier molecular flexibility index (Phi) is 6.08. The number of piperidine rings is 2. The summed E-state index contributed by atoms with van der Waals surface area (Å²) >= 11 is 0. The average molecular weight is 386 g/mol. The molecule has 3 N–H and O–H groups in total. The minimum atomic E-state index is -0.938. The Morgan fingerprint density at radius 3 is 2.39 bits per heavy atom. The smallest absolute Gasteiger partial charge is 0.264 e. The van der Waals surface area contributed by atoms with E-state index in [1.54, 1.807) is 18.2 Å². The summed E-state index contributed by atoms with van der Waals surface area (Å²) in [5.41, 5.74) is 1.25. The van der Waals surface area contributed by atoms with Gasteiger partial charge >= 0.3 is 0 Å². The van der Waals surface area contributed by atoms with E-state index in [4.69, 9.17) is 0 Å². The highest BCUT2D eigenvalue weighted by molar-refractivity contribution is 6.25. The van der Waals surface area contributed by atoms with Crippen LogP contribution >= 0.6 is 0 Å². The van der Waals surface area contributed by atoms with Crippen molar-refractivity contribution in [2.24, 2.45) is 0 Å². The van der Waals surface area contributed by atoms with Crippen LogP contribution in [0.1, 0.15) is 60.2 Å². The summed E-state index contributed by atoms with van der Waals surface area (Å²) in [5, 5.41) is 8.87. The van der Waals surface area contributed by atoms with Crippen molar-refractivity contribution in [2.45, 2.75) is 51.6 Å². The molecule has 0 saturated carbocycles. The Balaban J connectivity index is 0.00000109. The summed E-state index contributed by atoms with van der Waals surface area (Å²) in [7, 11) is 0. The zero-order valence-electron chi connectivity index (χ0n) is 16.2. The molecule has 1 aromatic carbocycles. The van der Waals surface area contributed by atoms with Crippen LogP contribution in [0.15, 0.2) is 18.2 Å². The van der Waals surface area contributed by atoms with Gasteiger partial charge in [-0.2, -0.15) is 0 Å².